The molecule has 0 aliphatic rings. The van der Waals surface area contributed by atoms with Gasteiger partial charge < -0.3 is 5.11 Å². The number of aryl methyl sites for hydroxylation is 1. The van der Waals surface area contributed by atoms with E-state index >= 15 is 0 Å². The number of thiophene rings is 1. The molecule has 0 aliphatic heterocycles. The van der Waals surface area contributed by atoms with E-state index in [1.165, 1.54) is 6.07 Å². The Morgan fingerprint density at radius 3 is 2.69 bits per heavy atom. The number of carboxylic acids is 1. The maximum absolute atomic E-state index is 10.5. The van der Waals surface area contributed by atoms with Gasteiger partial charge in [-0.2, -0.15) is 0 Å². The number of anilines is 1. The van der Waals surface area contributed by atoms with Gasteiger partial charge in [-0.25, -0.2) is 9.00 Å². The van der Waals surface area contributed by atoms with Crippen molar-refractivity contribution < 1.29 is 18.7 Å². The molecule has 0 aromatic carbocycles. The van der Waals surface area contributed by atoms with Crippen LogP contribution in [0, 0.1) is 6.92 Å². The Hall–Kier alpha value is -0.920. The highest BCUT2D eigenvalue weighted by molar-refractivity contribution is 7.80. The lowest BCUT2D eigenvalue weighted by molar-refractivity contribution is 0.0702. The first kappa shape index (κ1) is 10.2. The molecule has 0 aliphatic carbocycles. The molecule has 1 atom stereocenters. The summed E-state index contributed by atoms with van der Waals surface area (Å²) in [6.45, 7) is 1.67. The fourth-order valence-corrected chi connectivity index (χ4v) is 2.06. The minimum atomic E-state index is -2.16. The Bertz CT molecular complexity index is 360. The molecule has 1 rings (SSSR count). The second-order valence-corrected chi connectivity index (χ2v) is 4.20. The van der Waals surface area contributed by atoms with E-state index in [0.29, 0.717) is 10.6 Å². The molecule has 0 bridgehead atoms. The third kappa shape index (κ3) is 2.51. The van der Waals surface area contributed by atoms with Gasteiger partial charge in [0.1, 0.15) is 4.88 Å². The molecule has 13 heavy (non-hydrogen) atoms. The van der Waals surface area contributed by atoms with Crippen LogP contribution in [-0.4, -0.2) is 19.8 Å². The highest BCUT2D eigenvalue weighted by Gasteiger charge is 2.11. The van der Waals surface area contributed by atoms with Gasteiger partial charge in [0.25, 0.3) is 11.3 Å². The van der Waals surface area contributed by atoms with E-state index in [1.807, 2.05) is 0 Å². The number of hydrogen-bond donors (Lipinski definition) is 3. The molecule has 1 heterocycles. The third-order valence-electron chi connectivity index (χ3n) is 1.33. The Morgan fingerprint density at radius 1 is 1.69 bits per heavy atom. The second kappa shape index (κ2) is 3.86. The molecule has 0 spiro atoms. The van der Waals surface area contributed by atoms with Crippen molar-refractivity contribution in [2.75, 3.05) is 4.72 Å². The average Bonchev–Trinajstić information content (AvgIpc) is 2.31. The van der Waals surface area contributed by atoms with Crippen LogP contribution in [0.2, 0.25) is 0 Å². The Kier molecular flexibility index (Phi) is 3.02. The number of rotatable bonds is 3. The smallest absolute Gasteiger partial charge is 0.345 e. The standard InChI is InChI=1S/C6H7NO4S2/c1-3-4(7-13(10)11)2-5(12-3)6(8)9/h2,7H,1H3,(H,8,9)(H,10,11). The minimum Gasteiger partial charge on any atom is -0.477 e. The van der Waals surface area contributed by atoms with Gasteiger partial charge >= 0.3 is 5.97 Å². The zero-order chi connectivity index (χ0) is 10.0. The van der Waals surface area contributed by atoms with E-state index in [-0.39, 0.29) is 4.88 Å². The predicted octanol–water partition coefficient (Wildman–Crippen LogP) is 1.30. The van der Waals surface area contributed by atoms with Crippen molar-refractivity contribution in [3.63, 3.8) is 0 Å². The average molecular weight is 221 g/mol. The van der Waals surface area contributed by atoms with Crippen molar-refractivity contribution in [1.82, 2.24) is 0 Å². The fraction of sp³-hybridized carbons (Fsp3) is 0.167. The molecule has 1 aromatic rings. The van der Waals surface area contributed by atoms with Crippen LogP contribution in [0.3, 0.4) is 0 Å². The van der Waals surface area contributed by atoms with Crippen molar-refractivity contribution in [3.05, 3.63) is 15.8 Å². The van der Waals surface area contributed by atoms with Crippen LogP contribution in [0.25, 0.3) is 0 Å². The van der Waals surface area contributed by atoms with E-state index < -0.39 is 17.2 Å². The second-order valence-electron chi connectivity index (χ2n) is 2.24. The largest absolute Gasteiger partial charge is 0.477 e. The number of carbonyl (C=O) groups is 1. The molecule has 0 amide bonds. The van der Waals surface area contributed by atoms with Crippen LogP contribution in [0.4, 0.5) is 5.69 Å². The van der Waals surface area contributed by atoms with E-state index in [0.717, 1.165) is 11.3 Å². The highest BCUT2D eigenvalue weighted by atomic mass is 32.2. The monoisotopic (exact) mass is 221 g/mol. The first-order valence-electron chi connectivity index (χ1n) is 3.22. The number of carboxylic acid groups (broad SMARTS) is 1. The molecule has 0 fully saturated rings. The molecule has 3 N–H and O–H groups in total. The summed E-state index contributed by atoms with van der Waals surface area (Å²) in [5.41, 5.74) is 0.378. The summed E-state index contributed by atoms with van der Waals surface area (Å²) < 4.78 is 21.1. The topological polar surface area (TPSA) is 86.6 Å². The van der Waals surface area contributed by atoms with E-state index in [2.05, 4.69) is 4.72 Å². The molecule has 5 nitrogen and oxygen atoms in total. The van der Waals surface area contributed by atoms with Gasteiger partial charge in [0.15, 0.2) is 0 Å². The van der Waals surface area contributed by atoms with Crippen LogP contribution in [0.15, 0.2) is 6.07 Å². The lowest BCUT2D eigenvalue weighted by atomic mass is 10.4. The van der Waals surface area contributed by atoms with Gasteiger partial charge in [0.05, 0.1) is 5.69 Å². The highest BCUT2D eigenvalue weighted by Crippen LogP contribution is 2.26. The summed E-state index contributed by atoms with van der Waals surface area (Å²) in [6, 6.07) is 1.33. The van der Waals surface area contributed by atoms with E-state index in [1.54, 1.807) is 6.92 Å². The summed E-state index contributed by atoms with van der Waals surface area (Å²) in [6.07, 6.45) is 0. The predicted molar refractivity (Wildman–Crippen MR) is 50.4 cm³/mol. The quantitative estimate of drug-likeness (QED) is 0.671. The number of hydrogen-bond acceptors (Lipinski definition) is 3. The van der Waals surface area contributed by atoms with Crippen molar-refractivity contribution >= 4 is 34.3 Å². The summed E-state index contributed by atoms with van der Waals surface area (Å²) in [7, 11) is 0. The summed E-state index contributed by atoms with van der Waals surface area (Å²) >= 11 is -1.11. The van der Waals surface area contributed by atoms with Crippen LogP contribution in [0.1, 0.15) is 14.5 Å². The van der Waals surface area contributed by atoms with Gasteiger partial charge in [0.2, 0.25) is 0 Å². The molecule has 0 saturated carbocycles. The molecule has 7 heteroatoms. The van der Waals surface area contributed by atoms with Crippen LogP contribution in [0.5, 0.6) is 0 Å². The minimum absolute atomic E-state index is 0.144. The van der Waals surface area contributed by atoms with Crippen molar-refractivity contribution in [2.24, 2.45) is 0 Å². The lowest BCUT2D eigenvalue weighted by Gasteiger charge is -1.96. The van der Waals surface area contributed by atoms with Crippen LogP contribution >= 0.6 is 11.3 Å². The van der Waals surface area contributed by atoms with Gasteiger partial charge in [-0.15, -0.1) is 11.3 Å². The fourth-order valence-electron chi connectivity index (χ4n) is 0.783. The van der Waals surface area contributed by atoms with Crippen molar-refractivity contribution in [1.29, 1.82) is 0 Å². The van der Waals surface area contributed by atoms with Crippen LogP contribution in [-0.2, 0) is 11.3 Å². The number of aromatic carboxylic acids is 1. The first-order chi connectivity index (χ1) is 6.00. The van der Waals surface area contributed by atoms with Gasteiger partial charge in [-0.3, -0.25) is 9.27 Å². The molecule has 1 aromatic heterocycles. The lowest BCUT2D eigenvalue weighted by Crippen LogP contribution is -2.01. The van der Waals surface area contributed by atoms with Gasteiger partial charge in [-0.1, -0.05) is 0 Å². The third-order valence-corrected chi connectivity index (χ3v) is 2.76. The van der Waals surface area contributed by atoms with E-state index in [4.69, 9.17) is 9.66 Å². The SMILES string of the molecule is Cc1sc(C(=O)O)cc1NS(=O)O. The molecule has 0 radical (unpaired) electrons. The normalized spacial score (nSPS) is 12.5. The van der Waals surface area contributed by atoms with Gasteiger partial charge in [-0.05, 0) is 13.0 Å². The Morgan fingerprint density at radius 2 is 2.31 bits per heavy atom. The van der Waals surface area contributed by atoms with Crippen molar-refractivity contribution in [2.45, 2.75) is 6.92 Å². The maximum Gasteiger partial charge on any atom is 0.345 e. The van der Waals surface area contributed by atoms with Gasteiger partial charge in [0, 0.05) is 4.88 Å². The summed E-state index contributed by atoms with van der Waals surface area (Å²) in [5.74, 6) is -1.04. The van der Waals surface area contributed by atoms with Crippen LogP contribution < -0.4 is 4.72 Å². The molecular formula is C6H7NO4S2. The van der Waals surface area contributed by atoms with E-state index in [9.17, 15) is 9.00 Å². The Balaban J connectivity index is 2.96. The molecular weight excluding hydrogens is 214 g/mol. The molecule has 1 unspecified atom stereocenters. The molecule has 72 valence electrons. The summed E-state index contributed by atoms with van der Waals surface area (Å²) in [4.78, 5) is 11.3. The molecule has 0 saturated heterocycles. The zero-order valence-electron chi connectivity index (χ0n) is 6.60. The number of nitrogens with one attached hydrogen (secondary N) is 1. The van der Waals surface area contributed by atoms with Crippen molar-refractivity contribution in [3.8, 4) is 0 Å². The Labute approximate surface area is 80.8 Å². The zero-order valence-corrected chi connectivity index (χ0v) is 8.24. The summed E-state index contributed by atoms with van der Waals surface area (Å²) in [5, 5.41) is 8.60. The maximum atomic E-state index is 10.5. The first-order valence-corrected chi connectivity index (χ1v) is 5.14.